The van der Waals surface area contributed by atoms with Crippen molar-refractivity contribution in [3.05, 3.63) is 64.2 Å². The number of aromatic carboxylic acids is 1. The molecule has 0 heterocycles. The molecule has 0 unspecified atom stereocenters. The van der Waals surface area contributed by atoms with Gasteiger partial charge in [0.1, 0.15) is 0 Å². The number of anilines is 1. The van der Waals surface area contributed by atoms with E-state index in [-0.39, 0.29) is 17.9 Å². The van der Waals surface area contributed by atoms with E-state index in [4.69, 9.17) is 16.7 Å². The van der Waals surface area contributed by atoms with Gasteiger partial charge in [-0.25, -0.2) is 4.79 Å². The quantitative estimate of drug-likeness (QED) is 0.908. The van der Waals surface area contributed by atoms with Gasteiger partial charge in [-0.3, -0.25) is 4.79 Å². The second-order valence-corrected chi connectivity index (χ2v) is 5.12. The zero-order valence-corrected chi connectivity index (χ0v) is 12.1. The highest BCUT2D eigenvalue weighted by Crippen LogP contribution is 2.16. The van der Waals surface area contributed by atoms with Gasteiger partial charge in [-0.2, -0.15) is 0 Å². The molecular formula is C16H14ClNO3. The zero-order chi connectivity index (χ0) is 15.4. The Labute approximate surface area is 127 Å². The molecule has 0 saturated heterocycles. The lowest BCUT2D eigenvalue weighted by atomic mass is 10.1. The first-order chi connectivity index (χ1) is 9.95. The standard InChI is InChI=1S/C16H14ClNO3/c1-10-8-13(6-7-14(10)16(20)21)18-15(19)9-11-2-4-12(17)5-3-11/h2-8H,9H2,1H3,(H,18,19)(H,20,21). The first kappa shape index (κ1) is 15.1. The van der Waals surface area contributed by atoms with E-state index in [2.05, 4.69) is 5.32 Å². The predicted molar refractivity (Wildman–Crippen MR) is 81.9 cm³/mol. The maximum atomic E-state index is 11.9. The topological polar surface area (TPSA) is 66.4 Å². The molecule has 0 saturated carbocycles. The Morgan fingerprint density at radius 1 is 1.14 bits per heavy atom. The fourth-order valence-electron chi connectivity index (χ4n) is 1.97. The maximum absolute atomic E-state index is 11.9. The molecule has 108 valence electrons. The Balaban J connectivity index is 2.04. The van der Waals surface area contributed by atoms with Crippen LogP contribution in [0.3, 0.4) is 0 Å². The van der Waals surface area contributed by atoms with Crippen LogP contribution >= 0.6 is 11.6 Å². The molecule has 5 heteroatoms. The van der Waals surface area contributed by atoms with E-state index in [1.165, 1.54) is 6.07 Å². The molecule has 0 atom stereocenters. The van der Waals surface area contributed by atoms with Crippen LogP contribution in [0.25, 0.3) is 0 Å². The minimum atomic E-state index is -0.980. The molecule has 21 heavy (non-hydrogen) atoms. The third-order valence-electron chi connectivity index (χ3n) is 3.02. The molecule has 0 spiro atoms. The first-order valence-electron chi connectivity index (χ1n) is 6.34. The van der Waals surface area contributed by atoms with E-state index in [0.29, 0.717) is 16.3 Å². The molecule has 0 aromatic heterocycles. The SMILES string of the molecule is Cc1cc(NC(=O)Cc2ccc(Cl)cc2)ccc1C(=O)O. The minimum Gasteiger partial charge on any atom is -0.478 e. The van der Waals surface area contributed by atoms with Gasteiger partial charge in [-0.05, 0) is 48.4 Å². The molecule has 2 aromatic rings. The van der Waals surface area contributed by atoms with Gasteiger partial charge in [-0.1, -0.05) is 23.7 Å². The number of rotatable bonds is 4. The number of hydrogen-bond acceptors (Lipinski definition) is 2. The number of benzene rings is 2. The molecule has 0 aliphatic rings. The van der Waals surface area contributed by atoms with Crippen molar-refractivity contribution in [2.45, 2.75) is 13.3 Å². The van der Waals surface area contributed by atoms with Gasteiger partial charge in [0, 0.05) is 10.7 Å². The second kappa shape index (κ2) is 6.41. The van der Waals surface area contributed by atoms with Crippen LogP contribution in [-0.4, -0.2) is 17.0 Å². The van der Waals surface area contributed by atoms with Crippen molar-refractivity contribution >= 4 is 29.2 Å². The highest BCUT2D eigenvalue weighted by molar-refractivity contribution is 6.30. The summed E-state index contributed by atoms with van der Waals surface area (Å²) in [5.74, 6) is -1.15. The van der Waals surface area contributed by atoms with Crippen molar-refractivity contribution < 1.29 is 14.7 Å². The molecule has 2 N–H and O–H groups in total. The normalized spacial score (nSPS) is 10.2. The average Bonchev–Trinajstić information content (AvgIpc) is 2.41. The van der Waals surface area contributed by atoms with Crippen LogP contribution in [0.1, 0.15) is 21.5 Å². The number of carbonyl (C=O) groups is 2. The Kier molecular flexibility index (Phi) is 4.60. The fraction of sp³-hybridized carbons (Fsp3) is 0.125. The Bertz CT molecular complexity index is 680. The molecule has 1 amide bonds. The largest absolute Gasteiger partial charge is 0.478 e. The summed E-state index contributed by atoms with van der Waals surface area (Å²) < 4.78 is 0. The van der Waals surface area contributed by atoms with Crippen LogP contribution in [0.2, 0.25) is 5.02 Å². The number of carboxylic acids is 1. The molecule has 0 aliphatic heterocycles. The predicted octanol–water partition coefficient (Wildman–Crippen LogP) is 3.53. The average molecular weight is 304 g/mol. The molecule has 4 nitrogen and oxygen atoms in total. The Hall–Kier alpha value is -2.33. The summed E-state index contributed by atoms with van der Waals surface area (Å²) in [6.45, 7) is 1.69. The zero-order valence-electron chi connectivity index (χ0n) is 11.4. The number of carboxylic acid groups (broad SMARTS) is 1. The van der Waals surface area contributed by atoms with Gasteiger partial charge in [-0.15, -0.1) is 0 Å². The summed E-state index contributed by atoms with van der Waals surface area (Å²) in [5.41, 5.74) is 2.27. The van der Waals surface area contributed by atoms with Crippen molar-refractivity contribution in [3.63, 3.8) is 0 Å². The van der Waals surface area contributed by atoms with E-state index in [1.807, 2.05) is 0 Å². The summed E-state index contributed by atoms with van der Waals surface area (Å²) in [7, 11) is 0. The van der Waals surface area contributed by atoms with Gasteiger partial charge in [0.15, 0.2) is 0 Å². The van der Waals surface area contributed by atoms with E-state index < -0.39 is 5.97 Å². The van der Waals surface area contributed by atoms with Crippen LogP contribution in [0.15, 0.2) is 42.5 Å². The lowest BCUT2D eigenvalue weighted by Gasteiger charge is -2.08. The molecular weight excluding hydrogens is 290 g/mol. The number of carbonyl (C=O) groups excluding carboxylic acids is 1. The summed E-state index contributed by atoms with van der Waals surface area (Å²) in [6.07, 6.45) is 0.233. The number of hydrogen-bond donors (Lipinski definition) is 2. The molecule has 2 aromatic carbocycles. The van der Waals surface area contributed by atoms with Crippen LogP contribution in [0.5, 0.6) is 0 Å². The van der Waals surface area contributed by atoms with E-state index in [0.717, 1.165) is 5.56 Å². The molecule has 0 radical (unpaired) electrons. The van der Waals surface area contributed by atoms with E-state index in [9.17, 15) is 9.59 Å². The lowest BCUT2D eigenvalue weighted by molar-refractivity contribution is -0.115. The molecule has 0 aliphatic carbocycles. The monoisotopic (exact) mass is 303 g/mol. The van der Waals surface area contributed by atoms with Crippen molar-refractivity contribution in [2.24, 2.45) is 0 Å². The van der Waals surface area contributed by atoms with Gasteiger partial charge < -0.3 is 10.4 Å². The smallest absolute Gasteiger partial charge is 0.335 e. The van der Waals surface area contributed by atoms with Crippen molar-refractivity contribution in [1.29, 1.82) is 0 Å². The molecule has 0 bridgehead atoms. The summed E-state index contributed by atoms with van der Waals surface area (Å²) in [4.78, 5) is 22.9. The number of amides is 1. The van der Waals surface area contributed by atoms with Crippen molar-refractivity contribution in [1.82, 2.24) is 0 Å². The third-order valence-corrected chi connectivity index (χ3v) is 3.27. The van der Waals surface area contributed by atoms with Gasteiger partial charge in [0.2, 0.25) is 5.91 Å². The minimum absolute atomic E-state index is 0.167. The molecule has 0 fully saturated rings. The second-order valence-electron chi connectivity index (χ2n) is 4.69. The Morgan fingerprint density at radius 2 is 1.81 bits per heavy atom. The van der Waals surface area contributed by atoms with Gasteiger partial charge in [0.05, 0.1) is 12.0 Å². The maximum Gasteiger partial charge on any atom is 0.335 e. The van der Waals surface area contributed by atoms with Gasteiger partial charge in [0.25, 0.3) is 0 Å². The lowest BCUT2D eigenvalue weighted by Crippen LogP contribution is -2.14. The Morgan fingerprint density at radius 3 is 2.38 bits per heavy atom. The van der Waals surface area contributed by atoms with E-state index in [1.54, 1.807) is 43.3 Å². The number of nitrogens with one attached hydrogen (secondary N) is 1. The third kappa shape index (κ3) is 4.07. The van der Waals surface area contributed by atoms with Crippen LogP contribution in [-0.2, 0) is 11.2 Å². The van der Waals surface area contributed by atoms with Crippen molar-refractivity contribution in [3.8, 4) is 0 Å². The number of aryl methyl sites for hydroxylation is 1. The first-order valence-corrected chi connectivity index (χ1v) is 6.72. The molecule has 2 rings (SSSR count). The highest BCUT2D eigenvalue weighted by atomic mass is 35.5. The van der Waals surface area contributed by atoms with Crippen LogP contribution < -0.4 is 5.32 Å². The van der Waals surface area contributed by atoms with E-state index >= 15 is 0 Å². The van der Waals surface area contributed by atoms with Crippen LogP contribution in [0.4, 0.5) is 5.69 Å². The summed E-state index contributed by atoms with van der Waals surface area (Å²) in [5, 5.41) is 12.3. The highest BCUT2D eigenvalue weighted by Gasteiger charge is 2.09. The summed E-state index contributed by atoms with van der Waals surface area (Å²) in [6, 6.07) is 11.8. The van der Waals surface area contributed by atoms with Crippen LogP contribution in [0, 0.1) is 6.92 Å². The summed E-state index contributed by atoms with van der Waals surface area (Å²) >= 11 is 5.79. The fourth-order valence-corrected chi connectivity index (χ4v) is 2.10. The number of halogens is 1. The van der Waals surface area contributed by atoms with Gasteiger partial charge >= 0.3 is 5.97 Å². The van der Waals surface area contributed by atoms with Crippen molar-refractivity contribution in [2.75, 3.05) is 5.32 Å².